The Bertz CT molecular complexity index is 1380. The molecular formula is C27H30FN3O4S. The van der Waals surface area contributed by atoms with E-state index in [1.165, 1.54) is 22.5 Å². The number of carbonyl (C=O) groups is 1. The quantitative estimate of drug-likeness (QED) is 0.443. The van der Waals surface area contributed by atoms with E-state index in [9.17, 15) is 17.6 Å². The number of nitrogens with zero attached hydrogens (tertiary/aromatic N) is 3. The molecule has 1 aliphatic rings. The first-order chi connectivity index (χ1) is 17.2. The standard InChI is InChI=1S/C27H30FN3O4S/c1-4-31(23-12-7-9-19(2)17-23)27(32)22-11-8-16-30(18-22)36(33,34)26-20(3)29-35-25(26)15-14-21-10-5-6-13-24(21)28/h5-7,9-10,12-15,17,22H,4,8,11,16,18H2,1-3H3/b15-14+. The Morgan fingerprint density at radius 1 is 1.19 bits per heavy atom. The van der Waals surface area contributed by atoms with Crippen LogP contribution < -0.4 is 4.90 Å². The highest BCUT2D eigenvalue weighted by atomic mass is 32.2. The molecule has 4 rings (SSSR count). The second-order valence-electron chi connectivity index (χ2n) is 8.94. The van der Waals surface area contributed by atoms with Crippen molar-refractivity contribution in [3.63, 3.8) is 0 Å². The fraction of sp³-hybridized carbons (Fsp3) is 0.333. The van der Waals surface area contributed by atoms with Gasteiger partial charge in [-0.2, -0.15) is 4.31 Å². The van der Waals surface area contributed by atoms with Gasteiger partial charge >= 0.3 is 0 Å². The van der Waals surface area contributed by atoms with E-state index in [-0.39, 0.29) is 28.8 Å². The van der Waals surface area contributed by atoms with Crippen LogP contribution in [0.5, 0.6) is 0 Å². The van der Waals surface area contributed by atoms with E-state index in [1.807, 2.05) is 38.1 Å². The lowest BCUT2D eigenvalue weighted by atomic mass is 9.97. The molecule has 190 valence electrons. The van der Waals surface area contributed by atoms with Crippen molar-refractivity contribution in [1.29, 1.82) is 0 Å². The molecule has 0 radical (unpaired) electrons. The second kappa shape index (κ2) is 10.8. The van der Waals surface area contributed by atoms with Gasteiger partial charge in [0.15, 0.2) is 10.7 Å². The summed E-state index contributed by atoms with van der Waals surface area (Å²) in [5.41, 5.74) is 2.37. The summed E-state index contributed by atoms with van der Waals surface area (Å²) in [6, 6.07) is 13.9. The first-order valence-electron chi connectivity index (χ1n) is 12.0. The van der Waals surface area contributed by atoms with Gasteiger partial charge in [0.1, 0.15) is 11.5 Å². The number of aryl methyl sites for hydroxylation is 2. The number of aromatic nitrogens is 1. The Hall–Kier alpha value is -3.30. The molecule has 2 heterocycles. The number of rotatable bonds is 7. The van der Waals surface area contributed by atoms with E-state index < -0.39 is 21.8 Å². The smallest absolute Gasteiger partial charge is 0.248 e. The minimum atomic E-state index is -4.00. The summed E-state index contributed by atoms with van der Waals surface area (Å²) >= 11 is 0. The van der Waals surface area contributed by atoms with Crippen molar-refractivity contribution in [2.75, 3.05) is 24.5 Å². The number of halogens is 1. The number of piperidine rings is 1. The predicted octanol–water partition coefficient (Wildman–Crippen LogP) is 5.05. The molecule has 1 aliphatic heterocycles. The van der Waals surface area contributed by atoms with Crippen LogP contribution in [0.15, 0.2) is 57.9 Å². The van der Waals surface area contributed by atoms with Crippen LogP contribution in [0.3, 0.4) is 0 Å². The van der Waals surface area contributed by atoms with E-state index in [1.54, 1.807) is 30.0 Å². The number of carbonyl (C=O) groups excluding carboxylic acids is 1. The van der Waals surface area contributed by atoms with Crippen molar-refractivity contribution >= 4 is 33.8 Å². The first-order valence-corrected chi connectivity index (χ1v) is 13.4. The lowest BCUT2D eigenvalue weighted by Crippen LogP contribution is -2.47. The molecule has 0 spiro atoms. The SMILES string of the molecule is CCN(C(=O)C1CCCN(S(=O)(=O)c2c(C)noc2/C=C/c2ccccc2F)C1)c1cccc(C)c1. The average Bonchev–Trinajstić information content (AvgIpc) is 3.25. The maximum Gasteiger partial charge on any atom is 0.248 e. The molecule has 0 aliphatic carbocycles. The summed E-state index contributed by atoms with van der Waals surface area (Å²) in [6.45, 7) is 6.29. The third kappa shape index (κ3) is 5.27. The van der Waals surface area contributed by atoms with Gasteiger partial charge in [-0.25, -0.2) is 12.8 Å². The summed E-state index contributed by atoms with van der Waals surface area (Å²) in [5, 5.41) is 3.85. The normalized spacial score (nSPS) is 16.9. The van der Waals surface area contributed by atoms with Gasteiger partial charge < -0.3 is 9.42 Å². The minimum absolute atomic E-state index is 0.0270. The molecule has 1 aromatic heterocycles. The van der Waals surface area contributed by atoms with Crippen molar-refractivity contribution in [1.82, 2.24) is 9.46 Å². The molecule has 1 amide bonds. The number of amides is 1. The zero-order chi connectivity index (χ0) is 25.9. The third-order valence-electron chi connectivity index (χ3n) is 6.38. The largest absolute Gasteiger partial charge is 0.355 e. The number of hydrogen-bond donors (Lipinski definition) is 0. The molecule has 3 aromatic rings. The molecule has 0 saturated carbocycles. The van der Waals surface area contributed by atoms with Crippen molar-refractivity contribution in [2.45, 2.75) is 38.5 Å². The fourth-order valence-corrected chi connectivity index (χ4v) is 6.32. The monoisotopic (exact) mass is 511 g/mol. The second-order valence-corrected chi connectivity index (χ2v) is 10.8. The van der Waals surface area contributed by atoms with Crippen LogP contribution in [-0.4, -0.2) is 43.4 Å². The number of anilines is 1. The van der Waals surface area contributed by atoms with E-state index >= 15 is 0 Å². The van der Waals surface area contributed by atoms with Gasteiger partial charge in [-0.3, -0.25) is 4.79 Å². The Morgan fingerprint density at radius 2 is 1.97 bits per heavy atom. The molecule has 2 aromatic carbocycles. The Kier molecular flexibility index (Phi) is 7.70. The summed E-state index contributed by atoms with van der Waals surface area (Å²) < 4.78 is 48.0. The first kappa shape index (κ1) is 25.8. The average molecular weight is 512 g/mol. The number of sulfonamides is 1. The third-order valence-corrected chi connectivity index (χ3v) is 8.40. The molecule has 1 saturated heterocycles. The fourth-order valence-electron chi connectivity index (χ4n) is 4.55. The molecule has 1 unspecified atom stereocenters. The van der Waals surface area contributed by atoms with Crippen molar-refractivity contribution in [3.8, 4) is 0 Å². The van der Waals surface area contributed by atoms with Crippen LogP contribution in [0, 0.1) is 25.6 Å². The zero-order valence-electron chi connectivity index (χ0n) is 20.6. The topological polar surface area (TPSA) is 83.7 Å². The van der Waals surface area contributed by atoms with Crippen LogP contribution in [0.25, 0.3) is 12.2 Å². The zero-order valence-corrected chi connectivity index (χ0v) is 21.5. The van der Waals surface area contributed by atoms with Gasteiger partial charge in [-0.05, 0) is 69.5 Å². The molecule has 9 heteroatoms. The van der Waals surface area contributed by atoms with Crippen LogP contribution >= 0.6 is 0 Å². The highest BCUT2D eigenvalue weighted by Crippen LogP contribution is 2.31. The highest BCUT2D eigenvalue weighted by Gasteiger charge is 2.38. The minimum Gasteiger partial charge on any atom is -0.355 e. The van der Waals surface area contributed by atoms with Crippen LogP contribution in [0.2, 0.25) is 0 Å². The van der Waals surface area contributed by atoms with E-state index in [0.717, 1.165) is 11.3 Å². The molecule has 1 fully saturated rings. The lowest BCUT2D eigenvalue weighted by molar-refractivity contribution is -0.123. The molecule has 7 nitrogen and oxygen atoms in total. The van der Waals surface area contributed by atoms with Crippen molar-refractivity contribution in [2.24, 2.45) is 5.92 Å². The maximum absolute atomic E-state index is 14.0. The highest BCUT2D eigenvalue weighted by molar-refractivity contribution is 7.89. The Balaban J connectivity index is 1.58. The Morgan fingerprint density at radius 3 is 2.69 bits per heavy atom. The van der Waals surface area contributed by atoms with Gasteiger partial charge in [-0.1, -0.05) is 35.5 Å². The summed E-state index contributed by atoms with van der Waals surface area (Å²) in [5.74, 6) is -0.962. The Labute approximate surface area is 211 Å². The summed E-state index contributed by atoms with van der Waals surface area (Å²) in [7, 11) is -4.00. The van der Waals surface area contributed by atoms with Crippen LogP contribution in [0.1, 0.15) is 42.3 Å². The van der Waals surface area contributed by atoms with Gasteiger partial charge in [-0.15, -0.1) is 0 Å². The summed E-state index contributed by atoms with van der Waals surface area (Å²) in [6.07, 6.45) is 4.04. The molecule has 1 atom stereocenters. The van der Waals surface area contributed by atoms with Crippen LogP contribution in [0.4, 0.5) is 10.1 Å². The van der Waals surface area contributed by atoms with Gasteiger partial charge in [0.2, 0.25) is 15.9 Å². The molecule has 0 N–H and O–H groups in total. The van der Waals surface area contributed by atoms with Gasteiger partial charge in [0.05, 0.1) is 5.92 Å². The van der Waals surface area contributed by atoms with E-state index in [4.69, 9.17) is 4.52 Å². The molecular weight excluding hydrogens is 481 g/mol. The van der Waals surface area contributed by atoms with Gasteiger partial charge in [0, 0.05) is 30.9 Å². The molecule has 0 bridgehead atoms. The molecule has 36 heavy (non-hydrogen) atoms. The summed E-state index contributed by atoms with van der Waals surface area (Å²) in [4.78, 5) is 15.1. The number of hydrogen-bond acceptors (Lipinski definition) is 5. The van der Waals surface area contributed by atoms with E-state index in [2.05, 4.69) is 5.16 Å². The van der Waals surface area contributed by atoms with Gasteiger partial charge in [0.25, 0.3) is 0 Å². The predicted molar refractivity (Wildman–Crippen MR) is 137 cm³/mol. The lowest BCUT2D eigenvalue weighted by Gasteiger charge is -2.34. The number of benzene rings is 2. The van der Waals surface area contributed by atoms with E-state index in [0.29, 0.717) is 31.5 Å². The van der Waals surface area contributed by atoms with Crippen LogP contribution in [-0.2, 0) is 14.8 Å². The van der Waals surface area contributed by atoms with Crippen molar-refractivity contribution < 1.29 is 22.1 Å². The maximum atomic E-state index is 14.0. The van der Waals surface area contributed by atoms with Crippen molar-refractivity contribution in [3.05, 3.63) is 76.9 Å².